The number of aliphatic hydroxyl groups is 1. The van der Waals surface area contributed by atoms with Gasteiger partial charge in [-0.05, 0) is 19.9 Å². The van der Waals surface area contributed by atoms with Gasteiger partial charge in [-0.15, -0.1) is 0 Å². The van der Waals surface area contributed by atoms with Crippen molar-refractivity contribution in [1.82, 2.24) is 5.32 Å². The monoisotopic (exact) mass is 133 g/mol. The molecule has 2 atom stereocenters. The normalized spacial score (nSPS) is 45.0. The molecule has 1 saturated heterocycles. The topological polar surface area (TPSA) is 32.3 Å². The summed E-state index contributed by atoms with van der Waals surface area (Å²) >= 11 is 0. The van der Waals surface area contributed by atoms with Gasteiger partial charge in [0.15, 0.2) is 0 Å². The Kier molecular flexibility index (Phi) is 1.73. The van der Waals surface area contributed by atoms with E-state index in [-0.39, 0.29) is 6.54 Å². The van der Waals surface area contributed by atoms with Crippen LogP contribution in [0.5, 0.6) is 0 Å². The minimum absolute atomic E-state index is 0.285. The number of piperidine rings is 1. The summed E-state index contributed by atoms with van der Waals surface area (Å²) in [7, 11) is 0. The Morgan fingerprint density at radius 1 is 1.78 bits per heavy atom. The van der Waals surface area contributed by atoms with Crippen LogP contribution in [0.25, 0.3) is 0 Å². The first-order valence-corrected chi connectivity index (χ1v) is 3.20. The molecule has 3 heteroatoms. The van der Waals surface area contributed by atoms with E-state index < -0.39 is 11.8 Å². The van der Waals surface area contributed by atoms with Gasteiger partial charge in [0.2, 0.25) is 0 Å². The van der Waals surface area contributed by atoms with E-state index in [1.54, 1.807) is 6.92 Å². The van der Waals surface area contributed by atoms with Crippen LogP contribution in [0.3, 0.4) is 0 Å². The van der Waals surface area contributed by atoms with E-state index in [4.69, 9.17) is 0 Å². The van der Waals surface area contributed by atoms with E-state index in [0.29, 0.717) is 13.0 Å². The number of hydrogen-bond acceptors (Lipinski definition) is 2. The summed E-state index contributed by atoms with van der Waals surface area (Å²) in [5, 5.41) is 12.1. The quantitative estimate of drug-likeness (QED) is 0.490. The maximum atomic E-state index is 12.6. The first-order chi connectivity index (χ1) is 4.13. The van der Waals surface area contributed by atoms with Crippen molar-refractivity contribution >= 4 is 0 Å². The molecule has 1 rings (SSSR count). The molecule has 0 aliphatic carbocycles. The molecule has 2 nitrogen and oxygen atoms in total. The predicted molar refractivity (Wildman–Crippen MR) is 33.0 cm³/mol. The Bertz CT molecular complexity index is 105. The van der Waals surface area contributed by atoms with Gasteiger partial charge in [-0.3, -0.25) is 0 Å². The third kappa shape index (κ3) is 1.40. The van der Waals surface area contributed by atoms with Crippen molar-refractivity contribution in [2.75, 3.05) is 13.1 Å². The summed E-state index contributed by atoms with van der Waals surface area (Å²) in [5.74, 6) is 0. The van der Waals surface area contributed by atoms with Gasteiger partial charge in [0, 0.05) is 6.54 Å². The van der Waals surface area contributed by atoms with Gasteiger partial charge in [-0.1, -0.05) is 0 Å². The molecule has 0 spiro atoms. The first-order valence-electron chi connectivity index (χ1n) is 3.20. The van der Waals surface area contributed by atoms with Crippen molar-refractivity contribution in [2.24, 2.45) is 0 Å². The highest BCUT2D eigenvalue weighted by Gasteiger charge is 2.34. The van der Waals surface area contributed by atoms with Crippen molar-refractivity contribution in [1.29, 1.82) is 0 Å². The molecular formula is C6H12FNO. The average molecular weight is 133 g/mol. The van der Waals surface area contributed by atoms with Crippen LogP contribution in [0.2, 0.25) is 0 Å². The molecule has 0 aromatic carbocycles. The van der Waals surface area contributed by atoms with E-state index in [1.807, 2.05) is 0 Å². The second-order valence-corrected chi connectivity index (χ2v) is 2.78. The second kappa shape index (κ2) is 2.23. The Morgan fingerprint density at radius 2 is 2.44 bits per heavy atom. The van der Waals surface area contributed by atoms with Crippen LogP contribution in [0, 0.1) is 0 Å². The van der Waals surface area contributed by atoms with E-state index in [1.165, 1.54) is 0 Å². The largest absolute Gasteiger partial charge is 0.387 e. The highest BCUT2D eigenvalue weighted by molar-refractivity contribution is 4.88. The fourth-order valence-electron chi connectivity index (χ4n) is 0.947. The maximum Gasteiger partial charge on any atom is 0.141 e. The standard InChI is InChI=1S/C6H12FNO/c1-6(9)2-3-8-4-5(6)7/h5,8-9H,2-4H2,1H3/t5?,6-/m1/s1. The summed E-state index contributed by atoms with van der Waals surface area (Å²) in [6.45, 7) is 2.54. The van der Waals surface area contributed by atoms with Crippen molar-refractivity contribution < 1.29 is 9.50 Å². The van der Waals surface area contributed by atoms with Crippen LogP contribution >= 0.6 is 0 Å². The lowest BCUT2D eigenvalue weighted by Gasteiger charge is -2.31. The van der Waals surface area contributed by atoms with E-state index >= 15 is 0 Å². The van der Waals surface area contributed by atoms with Crippen molar-refractivity contribution in [3.8, 4) is 0 Å². The third-order valence-corrected chi connectivity index (χ3v) is 1.81. The van der Waals surface area contributed by atoms with Gasteiger partial charge in [0.1, 0.15) is 6.17 Å². The molecule has 0 radical (unpaired) electrons. The van der Waals surface area contributed by atoms with Crippen molar-refractivity contribution in [3.63, 3.8) is 0 Å². The molecule has 0 amide bonds. The van der Waals surface area contributed by atoms with Crippen LogP contribution in [0.1, 0.15) is 13.3 Å². The van der Waals surface area contributed by atoms with Crippen molar-refractivity contribution in [2.45, 2.75) is 25.1 Å². The maximum absolute atomic E-state index is 12.6. The fraction of sp³-hybridized carbons (Fsp3) is 1.00. The third-order valence-electron chi connectivity index (χ3n) is 1.81. The number of alkyl halides is 1. The number of nitrogens with one attached hydrogen (secondary N) is 1. The number of rotatable bonds is 0. The Labute approximate surface area is 54.1 Å². The van der Waals surface area contributed by atoms with Crippen LogP contribution in [-0.4, -0.2) is 30.0 Å². The first kappa shape index (κ1) is 6.96. The zero-order chi connectivity index (χ0) is 6.91. The zero-order valence-electron chi connectivity index (χ0n) is 5.52. The molecule has 1 aliphatic rings. The fourth-order valence-corrected chi connectivity index (χ4v) is 0.947. The molecule has 1 heterocycles. The van der Waals surface area contributed by atoms with Crippen LogP contribution < -0.4 is 5.32 Å². The lowest BCUT2D eigenvalue weighted by atomic mass is 9.93. The van der Waals surface area contributed by atoms with E-state index in [9.17, 15) is 9.50 Å². The lowest BCUT2D eigenvalue weighted by molar-refractivity contribution is -0.0394. The Morgan fingerprint density at radius 3 is 2.78 bits per heavy atom. The summed E-state index contributed by atoms with van der Waals surface area (Å²) in [6, 6.07) is 0. The Hall–Kier alpha value is -0.150. The molecule has 1 fully saturated rings. The Balaban J connectivity index is 2.49. The van der Waals surface area contributed by atoms with Gasteiger partial charge in [0.05, 0.1) is 5.60 Å². The number of halogens is 1. The predicted octanol–water partition coefficient (Wildman–Crippen LogP) is 0.0688. The van der Waals surface area contributed by atoms with Gasteiger partial charge in [0.25, 0.3) is 0 Å². The van der Waals surface area contributed by atoms with E-state index in [2.05, 4.69) is 5.32 Å². The average Bonchev–Trinajstić information content (AvgIpc) is 1.77. The molecule has 0 aromatic heterocycles. The molecule has 54 valence electrons. The van der Waals surface area contributed by atoms with Crippen LogP contribution in [0.15, 0.2) is 0 Å². The SMILES string of the molecule is C[C@@]1(O)CCNCC1F. The van der Waals surface area contributed by atoms with Crippen LogP contribution in [0.4, 0.5) is 4.39 Å². The smallest absolute Gasteiger partial charge is 0.141 e. The summed E-state index contributed by atoms with van der Waals surface area (Å²) in [6.07, 6.45) is -0.597. The van der Waals surface area contributed by atoms with Gasteiger partial charge >= 0.3 is 0 Å². The van der Waals surface area contributed by atoms with Gasteiger partial charge in [-0.2, -0.15) is 0 Å². The molecular weight excluding hydrogens is 121 g/mol. The van der Waals surface area contributed by atoms with E-state index in [0.717, 1.165) is 0 Å². The molecule has 9 heavy (non-hydrogen) atoms. The van der Waals surface area contributed by atoms with Crippen LogP contribution in [-0.2, 0) is 0 Å². The van der Waals surface area contributed by atoms with Crippen molar-refractivity contribution in [3.05, 3.63) is 0 Å². The second-order valence-electron chi connectivity index (χ2n) is 2.78. The van der Waals surface area contributed by atoms with Gasteiger partial charge < -0.3 is 10.4 Å². The summed E-state index contributed by atoms with van der Waals surface area (Å²) in [5.41, 5.74) is -1.09. The highest BCUT2D eigenvalue weighted by atomic mass is 19.1. The summed E-state index contributed by atoms with van der Waals surface area (Å²) < 4.78 is 12.6. The van der Waals surface area contributed by atoms with Gasteiger partial charge in [-0.25, -0.2) is 4.39 Å². The molecule has 0 bridgehead atoms. The highest BCUT2D eigenvalue weighted by Crippen LogP contribution is 2.19. The minimum Gasteiger partial charge on any atom is -0.387 e. The minimum atomic E-state index is -1.11. The molecule has 2 N–H and O–H groups in total. The number of hydrogen-bond donors (Lipinski definition) is 2. The lowest BCUT2D eigenvalue weighted by Crippen LogP contribution is -2.49. The summed E-state index contributed by atoms with van der Waals surface area (Å²) in [4.78, 5) is 0. The zero-order valence-corrected chi connectivity index (χ0v) is 5.52. The molecule has 0 saturated carbocycles. The molecule has 1 aliphatic heterocycles. The molecule has 0 aromatic rings. The molecule has 1 unspecified atom stereocenters.